The van der Waals surface area contributed by atoms with Crippen LogP contribution >= 0.6 is 15.9 Å². The second kappa shape index (κ2) is 3.77. The highest BCUT2D eigenvalue weighted by Crippen LogP contribution is 2.37. The summed E-state index contributed by atoms with van der Waals surface area (Å²) >= 11 is 3.48. The Balaban J connectivity index is 2.15. The molecule has 2 aromatic rings. The molecule has 0 unspecified atom stereocenters. The molecular formula is C12H11BrN2O2. The lowest BCUT2D eigenvalue weighted by molar-refractivity contribution is 0.174. The first-order chi connectivity index (χ1) is 8.16. The molecule has 0 N–H and O–H groups in total. The summed E-state index contributed by atoms with van der Waals surface area (Å²) in [6, 6.07) is 5.91. The number of hydrogen-bond acceptors (Lipinski definition) is 3. The molecule has 1 aliphatic heterocycles. The lowest BCUT2D eigenvalue weighted by Gasteiger charge is -2.05. The predicted molar refractivity (Wildman–Crippen MR) is 67.2 cm³/mol. The molecule has 0 fully saturated rings. The zero-order valence-corrected chi connectivity index (χ0v) is 11.1. The third-order valence-electron chi connectivity index (χ3n) is 2.92. The summed E-state index contributed by atoms with van der Waals surface area (Å²) in [5.41, 5.74) is 2.10. The van der Waals surface area contributed by atoms with Gasteiger partial charge in [0.15, 0.2) is 11.5 Å². The molecule has 17 heavy (non-hydrogen) atoms. The fourth-order valence-electron chi connectivity index (χ4n) is 1.93. The average molecular weight is 295 g/mol. The standard InChI is InChI=1S/C12H11BrN2O2/c1-7-14-12(13)11(15(7)2)8-3-4-9-10(5-8)17-6-16-9/h3-5H,6H2,1-2H3. The number of halogens is 1. The van der Waals surface area contributed by atoms with Crippen molar-refractivity contribution in [2.24, 2.45) is 7.05 Å². The topological polar surface area (TPSA) is 36.3 Å². The quantitative estimate of drug-likeness (QED) is 0.811. The number of rotatable bonds is 1. The Kier molecular flexibility index (Phi) is 2.36. The van der Waals surface area contributed by atoms with Gasteiger partial charge in [-0.15, -0.1) is 0 Å². The summed E-state index contributed by atoms with van der Waals surface area (Å²) < 4.78 is 13.6. The van der Waals surface area contributed by atoms with Gasteiger partial charge in [-0.05, 0) is 41.1 Å². The first kappa shape index (κ1) is 10.7. The summed E-state index contributed by atoms with van der Waals surface area (Å²) in [6.45, 7) is 2.27. The normalized spacial score (nSPS) is 13.1. The monoisotopic (exact) mass is 294 g/mol. The van der Waals surface area contributed by atoms with E-state index >= 15 is 0 Å². The summed E-state index contributed by atoms with van der Waals surface area (Å²) in [5, 5.41) is 0. The highest BCUT2D eigenvalue weighted by Gasteiger charge is 2.17. The van der Waals surface area contributed by atoms with Gasteiger partial charge in [-0.1, -0.05) is 0 Å². The van der Waals surface area contributed by atoms with Crippen LogP contribution in [0.2, 0.25) is 0 Å². The molecule has 0 spiro atoms. The van der Waals surface area contributed by atoms with Crippen LogP contribution in [0, 0.1) is 6.92 Å². The van der Waals surface area contributed by atoms with Gasteiger partial charge in [-0.25, -0.2) is 4.98 Å². The maximum Gasteiger partial charge on any atom is 0.231 e. The minimum Gasteiger partial charge on any atom is -0.454 e. The number of fused-ring (bicyclic) bond motifs is 1. The van der Waals surface area contributed by atoms with Crippen molar-refractivity contribution in [1.29, 1.82) is 0 Å². The molecule has 0 atom stereocenters. The molecule has 3 rings (SSSR count). The first-order valence-corrected chi connectivity index (χ1v) is 6.05. The van der Waals surface area contributed by atoms with Crippen LogP contribution in [0.5, 0.6) is 11.5 Å². The van der Waals surface area contributed by atoms with Crippen LogP contribution in [0.15, 0.2) is 22.8 Å². The van der Waals surface area contributed by atoms with Crippen molar-refractivity contribution in [3.8, 4) is 22.8 Å². The van der Waals surface area contributed by atoms with Crippen molar-refractivity contribution < 1.29 is 9.47 Å². The van der Waals surface area contributed by atoms with Gasteiger partial charge in [-0.2, -0.15) is 0 Å². The fraction of sp³-hybridized carbons (Fsp3) is 0.250. The number of imidazole rings is 1. The molecule has 2 heterocycles. The van der Waals surface area contributed by atoms with Crippen LogP contribution in [-0.4, -0.2) is 16.3 Å². The molecule has 5 heteroatoms. The van der Waals surface area contributed by atoms with Gasteiger partial charge in [0.05, 0.1) is 5.69 Å². The highest BCUT2D eigenvalue weighted by atomic mass is 79.9. The average Bonchev–Trinajstić information content (AvgIpc) is 2.84. The summed E-state index contributed by atoms with van der Waals surface area (Å²) in [7, 11) is 1.99. The zero-order valence-electron chi connectivity index (χ0n) is 9.53. The minimum atomic E-state index is 0.296. The molecule has 0 saturated carbocycles. The Morgan fingerprint density at radius 1 is 1.29 bits per heavy atom. The number of aryl methyl sites for hydroxylation is 1. The van der Waals surface area contributed by atoms with Crippen LogP contribution in [0.3, 0.4) is 0 Å². The van der Waals surface area contributed by atoms with Crippen molar-refractivity contribution in [1.82, 2.24) is 9.55 Å². The van der Waals surface area contributed by atoms with Crippen LogP contribution in [0.25, 0.3) is 11.3 Å². The molecular weight excluding hydrogens is 284 g/mol. The van der Waals surface area contributed by atoms with Gasteiger partial charge in [0, 0.05) is 12.6 Å². The van der Waals surface area contributed by atoms with Gasteiger partial charge in [0.1, 0.15) is 10.4 Å². The highest BCUT2D eigenvalue weighted by molar-refractivity contribution is 9.10. The van der Waals surface area contributed by atoms with Crippen molar-refractivity contribution in [3.63, 3.8) is 0 Å². The van der Waals surface area contributed by atoms with E-state index in [4.69, 9.17) is 9.47 Å². The lowest BCUT2D eigenvalue weighted by Crippen LogP contribution is -1.94. The SMILES string of the molecule is Cc1nc(Br)c(-c2ccc3c(c2)OCO3)n1C. The van der Waals surface area contributed by atoms with Crippen molar-refractivity contribution >= 4 is 15.9 Å². The maximum atomic E-state index is 5.38. The van der Waals surface area contributed by atoms with Gasteiger partial charge >= 0.3 is 0 Å². The molecule has 1 aromatic carbocycles. The second-order valence-electron chi connectivity index (χ2n) is 3.93. The molecule has 0 saturated heterocycles. The Morgan fingerprint density at radius 2 is 2.06 bits per heavy atom. The molecule has 1 aliphatic rings. The molecule has 0 bridgehead atoms. The van der Waals surface area contributed by atoms with Crippen molar-refractivity contribution in [2.45, 2.75) is 6.92 Å². The number of hydrogen-bond donors (Lipinski definition) is 0. The Bertz CT molecular complexity index is 592. The number of aromatic nitrogens is 2. The number of ether oxygens (including phenoxy) is 2. The van der Waals surface area contributed by atoms with Crippen molar-refractivity contribution in [3.05, 3.63) is 28.6 Å². The van der Waals surface area contributed by atoms with Gasteiger partial charge in [-0.3, -0.25) is 0 Å². The number of nitrogens with zero attached hydrogens (tertiary/aromatic N) is 2. The largest absolute Gasteiger partial charge is 0.454 e. The van der Waals surface area contributed by atoms with E-state index in [2.05, 4.69) is 20.9 Å². The predicted octanol–water partition coefficient (Wildman–Crippen LogP) is 2.89. The third-order valence-corrected chi connectivity index (χ3v) is 3.48. The van der Waals surface area contributed by atoms with E-state index in [9.17, 15) is 0 Å². The fourth-order valence-corrected chi connectivity index (χ4v) is 2.68. The van der Waals surface area contributed by atoms with E-state index in [1.54, 1.807) is 0 Å². The first-order valence-electron chi connectivity index (χ1n) is 5.25. The van der Waals surface area contributed by atoms with E-state index in [0.717, 1.165) is 33.2 Å². The summed E-state index contributed by atoms with van der Waals surface area (Å²) in [6.07, 6.45) is 0. The van der Waals surface area contributed by atoms with E-state index < -0.39 is 0 Å². The van der Waals surface area contributed by atoms with Crippen LogP contribution < -0.4 is 9.47 Å². The Morgan fingerprint density at radius 3 is 2.76 bits per heavy atom. The van der Waals surface area contributed by atoms with Gasteiger partial charge < -0.3 is 14.0 Å². The maximum absolute atomic E-state index is 5.38. The lowest BCUT2D eigenvalue weighted by atomic mass is 10.1. The van der Waals surface area contributed by atoms with E-state index in [-0.39, 0.29) is 0 Å². The van der Waals surface area contributed by atoms with E-state index in [0.29, 0.717) is 6.79 Å². The van der Waals surface area contributed by atoms with Crippen LogP contribution in [-0.2, 0) is 7.05 Å². The van der Waals surface area contributed by atoms with Crippen LogP contribution in [0.4, 0.5) is 0 Å². The van der Waals surface area contributed by atoms with E-state index in [1.165, 1.54) is 0 Å². The van der Waals surface area contributed by atoms with Crippen molar-refractivity contribution in [2.75, 3.05) is 6.79 Å². The molecule has 0 radical (unpaired) electrons. The van der Waals surface area contributed by atoms with Gasteiger partial charge in [0.2, 0.25) is 6.79 Å². The molecule has 0 aliphatic carbocycles. The number of benzene rings is 1. The molecule has 1 aromatic heterocycles. The Hall–Kier alpha value is -1.49. The summed E-state index contributed by atoms with van der Waals surface area (Å²) in [5.74, 6) is 2.54. The molecule has 4 nitrogen and oxygen atoms in total. The zero-order chi connectivity index (χ0) is 12.0. The smallest absolute Gasteiger partial charge is 0.231 e. The third kappa shape index (κ3) is 1.61. The van der Waals surface area contributed by atoms with E-state index in [1.807, 2.05) is 36.7 Å². The molecule has 0 amide bonds. The molecule has 88 valence electrons. The second-order valence-corrected chi connectivity index (χ2v) is 4.68. The Labute approximate surface area is 107 Å². The van der Waals surface area contributed by atoms with Crippen LogP contribution in [0.1, 0.15) is 5.82 Å². The summed E-state index contributed by atoms with van der Waals surface area (Å²) in [4.78, 5) is 4.39. The minimum absolute atomic E-state index is 0.296. The van der Waals surface area contributed by atoms with Gasteiger partial charge in [0.25, 0.3) is 0 Å².